The summed E-state index contributed by atoms with van der Waals surface area (Å²) in [6.45, 7) is 1.69. The van der Waals surface area contributed by atoms with Gasteiger partial charge in [-0.2, -0.15) is 0 Å². The molecule has 92 valence electrons. The third-order valence-electron chi connectivity index (χ3n) is 2.38. The smallest absolute Gasteiger partial charge is 0.161 e. The molecule has 0 radical (unpaired) electrons. The third kappa shape index (κ3) is 2.56. The normalized spacial score (nSPS) is 11.7. The Balaban J connectivity index is 2.42. The predicted molar refractivity (Wildman–Crippen MR) is 61.9 cm³/mol. The number of benzene rings is 1. The zero-order valence-corrected chi connectivity index (χ0v) is 9.49. The van der Waals surface area contributed by atoms with Gasteiger partial charge < -0.3 is 0 Å². The van der Waals surface area contributed by atoms with E-state index in [0.29, 0.717) is 17.3 Å². The number of aromatic nitrogens is 2. The Labute approximate surface area is 102 Å². The molecular weight excluding hydrogens is 241 g/mol. The van der Waals surface area contributed by atoms with E-state index >= 15 is 0 Å². The number of hydrogen-bond donors (Lipinski definition) is 0. The Bertz CT molecular complexity index is 595. The van der Waals surface area contributed by atoms with Gasteiger partial charge in [0.1, 0.15) is 5.82 Å². The Hall–Kier alpha value is -2.17. The van der Waals surface area contributed by atoms with Crippen LogP contribution in [0.5, 0.6) is 0 Å². The van der Waals surface area contributed by atoms with E-state index in [4.69, 9.17) is 0 Å². The molecule has 1 aromatic heterocycles. The van der Waals surface area contributed by atoms with E-state index in [2.05, 4.69) is 9.97 Å². The van der Waals surface area contributed by atoms with Gasteiger partial charge in [-0.15, -0.1) is 0 Å². The molecule has 1 aromatic carbocycles. The van der Waals surface area contributed by atoms with Gasteiger partial charge in [0.25, 0.3) is 0 Å². The van der Waals surface area contributed by atoms with Crippen molar-refractivity contribution in [1.82, 2.24) is 9.97 Å². The van der Waals surface area contributed by atoms with E-state index < -0.39 is 17.5 Å². The van der Waals surface area contributed by atoms with Crippen LogP contribution in [-0.2, 0) is 0 Å². The fourth-order valence-electron chi connectivity index (χ4n) is 1.46. The highest BCUT2D eigenvalue weighted by Gasteiger charge is 2.08. The number of nitrogens with zero attached hydrogens (tertiary/aromatic N) is 2. The Morgan fingerprint density at radius 1 is 1.06 bits per heavy atom. The highest BCUT2D eigenvalue weighted by molar-refractivity contribution is 5.78. The van der Waals surface area contributed by atoms with Crippen LogP contribution in [0, 0.1) is 17.5 Å². The molecule has 0 spiro atoms. The standard InChI is InChI=1S/C13H9F3N2/c1-8(13-7-17-2-3-18-13)4-9-5-11(15)12(16)6-10(9)14/h2-7H,1H3/b8-4-. The number of rotatable bonds is 2. The van der Waals surface area contributed by atoms with Crippen LogP contribution < -0.4 is 0 Å². The average molecular weight is 250 g/mol. The molecule has 0 aliphatic rings. The molecule has 1 heterocycles. The van der Waals surface area contributed by atoms with Gasteiger partial charge in [0.2, 0.25) is 0 Å². The lowest BCUT2D eigenvalue weighted by Gasteiger charge is -2.02. The first-order valence-electron chi connectivity index (χ1n) is 5.17. The molecule has 0 N–H and O–H groups in total. The molecule has 0 aliphatic heterocycles. The molecule has 5 heteroatoms. The van der Waals surface area contributed by atoms with Crippen molar-refractivity contribution in [3.63, 3.8) is 0 Å². The zero-order chi connectivity index (χ0) is 13.1. The molecule has 0 amide bonds. The average Bonchev–Trinajstić information content (AvgIpc) is 2.37. The monoisotopic (exact) mass is 250 g/mol. The quantitative estimate of drug-likeness (QED) is 0.763. The second-order valence-electron chi connectivity index (χ2n) is 3.71. The fourth-order valence-corrected chi connectivity index (χ4v) is 1.46. The summed E-state index contributed by atoms with van der Waals surface area (Å²) in [5.41, 5.74) is 1.12. The van der Waals surface area contributed by atoms with E-state index in [-0.39, 0.29) is 5.56 Å². The molecule has 2 nitrogen and oxygen atoms in total. The second kappa shape index (κ2) is 5.00. The summed E-state index contributed by atoms with van der Waals surface area (Å²) in [6, 6.07) is 1.33. The minimum Gasteiger partial charge on any atom is -0.261 e. The molecule has 2 aromatic rings. The Morgan fingerprint density at radius 3 is 2.44 bits per heavy atom. The molecule has 0 bridgehead atoms. The lowest BCUT2D eigenvalue weighted by molar-refractivity contribution is 0.494. The van der Waals surface area contributed by atoms with Gasteiger partial charge in [-0.05, 0) is 24.6 Å². The van der Waals surface area contributed by atoms with E-state index in [0.717, 1.165) is 6.07 Å². The van der Waals surface area contributed by atoms with Gasteiger partial charge >= 0.3 is 0 Å². The Morgan fingerprint density at radius 2 is 1.78 bits per heavy atom. The first-order chi connectivity index (χ1) is 8.58. The number of allylic oxidation sites excluding steroid dienone is 1. The van der Waals surface area contributed by atoms with Crippen LogP contribution in [-0.4, -0.2) is 9.97 Å². The maximum atomic E-state index is 13.4. The summed E-state index contributed by atoms with van der Waals surface area (Å²) in [4.78, 5) is 7.89. The fraction of sp³-hybridized carbons (Fsp3) is 0.0769. The summed E-state index contributed by atoms with van der Waals surface area (Å²) in [7, 11) is 0. The number of halogens is 3. The number of hydrogen-bond acceptors (Lipinski definition) is 2. The van der Waals surface area contributed by atoms with Crippen molar-refractivity contribution in [1.29, 1.82) is 0 Å². The molecule has 18 heavy (non-hydrogen) atoms. The van der Waals surface area contributed by atoms with Crippen molar-refractivity contribution in [3.05, 3.63) is 59.4 Å². The van der Waals surface area contributed by atoms with Gasteiger partial charge in [-0.3, -0.25) is 9.97 Å². The van der Waals surface area contributed by atoms with Crippen LogP contribution >= 0.6 is 0 Å². The van der Waals surface area contributed by atoms with Gasteiger partial charge in [0.15, 0.2) is 11.6 Å². The van der Waals surface area contributed by atoms with Crippen LogP contribution in [0.1, 0.15) is 18.2 Å². The summed E-state index contributed by atoms with van der Waals surface area (Å²) < 4.78 is 39.2. The van der Waals surface area contributed by atoms with Gasteiger partial charge in [0, 0.05) is 24.0 Å². The molecular formula is C13H9F3N2. The van der Waals surface area contributed by atoms with E-state index in [1.807, 2.05) is 0 Å². The summed E-state index contributed by atoms with van der Waals surface area (Å²) in [6.07, 6.45) is 5.90. The van der Waals surface area contributed by atoms with Crippen molar-refractivity contribution in [2.45, 2.75) is 6.92 Å². The largest absolute Gasteiger partial charge is 0.261 e. The lowest BCUT2D eigenvalue weighted by Crippen LogP contribution is -1.92. The lowest BCUT2D eigenvalue weighted by atomic mass is 10.1. The molecule has 0 aliphatic carbocycles. The van der Waals surface area contributed by atoms with Crippen molar-refractivity contribution < 1.29 is 13.2 Å². The minimum atomic E-state index is -1.21. The van der Waals surface area contributed by atoms with Crippen LogP contribution in [0.2, 0.25) is 0 Å². The van der Waals surface area contributed by atoms with Gasteiger partial charge in [-0.25, -0.2) is 13.2 Å². The van der Waals surface area contributed by atoms with Crippen molar-refractivity contribution in [3.8, 4) is 0 Å². The van der Waals surface area contributed by atoms with Crippen LogP contribution in [0.3, 0.4) is 0 Å². The van der Waals surface area contributed by atoms with E-state index in [1.54, 1.807) is 6.92 Å². The molecule has 0 fully saturated rings. The molecule has 0 atom stereocenters. The molecule has 0 unspecified atom stereocenters. The van der Waals surface area contributed by atoms with Crippen molar-refractivity contribution in [2.24, 2.45) is 0 Å². The molecule has 0 saturated carbocycles. The van der Waals surface area contributed by atoms with Crippen molar-refractivity contribution in [2.75, 3.05) is 0 Å². The highest BCUT2D eigenvalue weighted by atomic mass is 19.2. The van der Waals surface area contributed by atoms with Crippen LogP contribution in [0.15, 0.2) is 30.7 Å². The molecule has 2 rings (SSSR count). The van der Waals surface area contributed by atoms with E-state index in [9.17, 15) is 13.2 Å². The van der Waals surface area contributed by atoms with Crippen molar-refractivity contribution >= 4 is 11.6 Å². The summed E-state index contributed by atoms with van der Waals surface area (Å²) in [5.74, 6) is -3.12. The Kier molecular flexibility index (Phi) is 3.41. The minimum absolute atomic E-state index is 0.0305. The topological polar surface area (TPSA) is 25.8 Å². The maximum absolute atomic E-state index is 13.4. The summed E-state index contributed by atoms with van der Waals surface area (Å²) >= 11 is 0. The van der Waals surface area contributed by atoms with Gasteiger partial charge in [0.05, 0.1) is 11.9 Å². The highest BCUT2D eigenvalue weighted by Crippen LogP contribution is 2.19. The molecule has 0 saturated heterocycles. The second-order valence-corrected chi connectivity index (χ2v) is 3.71. The van der Waals surface area contributed by atoms with Crippen LogP contribution in [0.25, 0.3) is 11.6 Å². The first kappa shape index (κ1) is 12.3. The van der Waals surface area contributed by atoms with Crippen LogP contribution in [0.4, 0.5) is 13.2 Å². The first-order valence-corrected chi connectivity index (χ1v) is 5.17. The van der Waals surface area contributed by atoms with Gasteiger partial charge in [-0.1, -0.05) is 0 Å². The maximum Gasteiger partial charge on any atom is 0.161 e. The zero-order valence-electron chi connectivity index (χ0n) is 9.49. The third-order valence-corrected chi connectivity index (χ3v) is 2.38. The predicted octanol–water partition coefficient (Wildman–Crippen LogP) is 3.45. The summed E-state index contributed by atoms with van der Waals surface area (Å²) in [5, 5.41) is 0. The van der Waals surface area contributed by atoms with E-state index in [1.165, 1.54) is 24.7 Å². The SMILES string of the molecule is C/C(=C/c1cc(F)c(F)cc1F)c1cnccn1.